The Bertz CT molecular complexity index is 262. The molecule has 2 nitrogen and oxygen atoms in total. The molecule has 1 rings (SSSR count). The normalized spacial score (nSPS) is 23.6. The molecule has 1 amide bonds. The molecule has 19 heavy (non-hydrogen) atoms. The van der Waals surface area contributed by atoms with E-state index in [4.69, 9.17) is 0 Å². The van der Waals surface area contributed by atoms with Gasteiger partial charge in [-0.15, -0.1) is 0 Å². The van der Waals surface area contributed by atoms with Gasteiger partial charge in [0.25, 0.3) is 0 Å². The van der Waals surface area contributed by atoms with E-state index in [1.165, 1.54) is 19.3 Å². The molecular formula is C17H33NO. The number of hydrogen-bond donors (Lipinski definition) is 0. The van der Waals surface area contributed by atoms with Crippen LogP contribution in [0, 0.1) is 17.8 Å². The minimum absolute atomic E-state index is 0.313. The van der Waals surface area contributed by atoms with Gasteiger partial charge in [-0.1, -0.05) is 47.0 Å². The van der Waals surface area contributed by atoms with Crippen molar-refractivity contribution in [3.05, 3.63) is 0 Å². The summed E-state index contributed by atoms with van der Waals surface area (Å²) in [5.41, 5.74) is 0. The van der Waals surface area contributed by atoms with Crippen molar-refractivity contribution in [3.63, 3.8) is 0 Å². The molecule has 0 aromatic rings. The summed E-state index contributed by atoms with van der Waals surface area (Å²) in [7, 11) is 0. The highest BCUT2D eigenvalue weighted by Crippen LogP contribution is 2.30. The van der Waals surface area contributed by atoms with E-state index in [0.717, 1.165) is 44.7 Å². The molecule has 1 aliphatic rings. The monoisotopic (exact) mass is 267 g/mol. The third-order valence-electron chi connectivity index (χ3n) is 4.36. The van der Waals surface area contributed by atoms with Crippen LogP contribution in [0.1, 0.15) is 72.6 Å². The van der Waals surface area contributed by atoms with E-state index in [0.29, 0.717) is 17.7 Å². The first-order valence-corrected chi connectivity index (χ1v) is 8.33. The van der Waals surface area contributed by atoms with Crippen molar-refractivity contribution in [2.24, 2.45) is 17.8 Å². The van der Waals surface area contributed by atoms with Gasteiger partial charge in [-0.3, -0.25) is 4.79 Å². The third-order valence-corrected chi connectivity index (χ3v) is 4.36. The zero-order chi connectivity index (χ0) is 14.3. The molecule has 2 unspecified atom stereocenters. The molecule has 1 saturated carbocycles. The molecule has 0 heterocycles. The highest BCUT2D eigenvalue weighted by atomic mass is 16.2. The molecular weight excluding hydrogens is 234 g/mol. The molecule has 2 atom stereocenters. The van der Waals surface area contributed by atoms with Crippen LogP contribution >= 0.6 is 0 Å². The topological polar surface area (TPSA) is 20.3 Å². The summed E-state index contributed by atoms with van der Waals surface area (Å²) >= 11 is 0. The van der Waals surface area contributed by atoms with Crippen LogP contribution in [-0.2, 0) is 4.79 Å². The zero-order valence-electron chi connectivity index (χ0n) is 13.5. The van der Waals surface area contributed by atoms with E-state index in [-0.39, 0.29) is 0 Å². The first-order valence-electron chi connectivity index (χ1n) is 8.33. The first-order chi connectivity index (χ1) is 9.04. The van der Waals surface area contributed by atoms with Crippen LogP contribution in [0.15, 0.2) is 0 Å². The van der Waals surface area contributed by atoms with E-state index in [1.54, 1.807) is 0 Å². The van der Waals surface area contributed by atoms with Crippen LogP contribution in [0.5, 0.6) is 0 Å². The van der Waals surface area contributed by atoms with Gasteiger partial charge in [0, 0.05) is 19.0 Å². The van der Waals surface area contributed by atoms with Gasteiger partial charge in [-0.25, -0.2) is 0 Å². The minimum Gasteiger partial charge on any atom is -0.342 e. The number of rotatable bonds is 7. The second-order valence-electron chi connectivity index (χ2n) is 6.83. The molecule has 2 heteroatoms. The van der Waals surface area contributed by atoms with Gasteiger partial charge in [-0.2, -0.15) is 0 Å². The Hall–Kier alpha value is -0.530. The largest absolute Gasteiger partial charge is 0.342 e. The van der Waals surface area contributed by atoms with Crippen LogP contribution in [-0.4, -0.2) is 23.9 Å². The Labute approximate surface area is 119 Å². The van der Waals surface area contributed by atoms with Crippen LogP contribution in [0.4, 0.5) is 0 Å². The second kappa shape index (κ2) is 8.60. The van der Waals surface area contributed by atoms with E-state index >= 15 is 0 Å². The lowest BCUT2D eigenvalue weighted by atomic mass is 9.81. The van der Waals surface area contributed by atoms with E-state index in [2.05, 4.69) is 32.6 Å². The number of carbonyl (C=O) groups excluding carboxylic acids is 1. The second-order valence-corrected chi connectivity index (χ2v) is 6.83. The van der Waals surface area contributed by atoms with Gasteiger partial charge in [0.05, 0.1) is 0 Å². The molecule has 0 radical (unpaired) electrons. The SMILES string of the molecule is CCCCN(CCC(C)C)C(=O)C1CCCC(C)C1. The quantitative estimate of drug-likeness (QED) is 0.665. The van der Waals surface area contributed by atoms with E-state index in [1.807, 2.05) is 0 Å². The highest BCUT2D eigenvalue weighted by Gasteiger charge is 2.28. The number of unbranched alkanes of at least 4 members (excludes halogenated alkanes) is 1. The number of hydrogen-bond acceptors (Lipinski definition) is 1. The summed E-state index contributed by atoms with van der Waals surface area (Å²) in [6, 6.07) is 0. The lowest BCUT2D eigenvalue weighted by Crippen LogP contribution is -2.39. The molecule has 0 aromatic heterocycles. The van der Waals surface area contributed by atoms with E-state index in [9.17, 15) is 4.79 Å². The average Bonchev–Trinajstić information content (AvgIpc) is 2.38. The van der Waals surface area contributed by atoms with Gasteiger partial charge >= 0.3 is 0 Å². The summed E-state index contributed by atoms with van der Waals surface area (Å²) in [6.45, 7) is 10.9. The average molecular weight is 267 g/mol. The molecule has 1 aliphatic carbocycles. The predicted octanol–water partition coefficient (Wildman–Crippen LogP) is 4.49. The molecule has 0 bridgehead atoms. The highest BCUT2D eigenvalue weighted by molar-refractivity contribution is 5.78. The molecule has 112 valence electrons. The zero-order valence-corrected chi connectivity index (χ0v) is 13.5. The van der Waals surface area contributed by atoms with Gasteiger partial charge < -0.3 is 4.90 Å². The van der Waals surface area contributed by atoms with Crippen LogP contribution < -0.4 is 0 Å². The fourth-order valence-corrected chi connectivity index (χ4v) is 3.01. The van der Waals surface area contributed by atoms with Crippen LogP contribution in [0.25, 0.3) is 0 Å². The maximum absolute atomic E-state index is 12.7. The molecule has 0 N–H and O–H groups in total. The summed E-state index contributed by atoms with van der Waals surface area (Å²) < 4.78 is 0. The summed E-state index contributed by atoms with van der Waals surface area (Å²) in [5.74, 6) is 2.18. The van der Waals surface area contributed by atoms with Gasteiger partial charge in [0.1, 0.15) is 0 Å². The Morgan fingerprint density at radius 3 is 2.58 bits per heavy atom. The molecule has 0 saturated heterocycles. The van der Waals surface area contributed by atoms with Crippen molar-refractivity contribution < 1.29 is 4.79 Å². The van der Waals surface area contributed by atoms with Gasteiger partial charge in [0.15, 0.2) is 0 Å². The Balaban J connectivity index is 2.53. The Morgan fingerprint density at radius 2 is 2.00 bits per heavy atom. The standard InChI is InChI=1S/C17H33NO/c1-5-6-11-18(12-10-14(2)3)17(19)16-9-7-8-15(4)13-16/h14-16H,5-13H2,1-4H3. The Kier molecular flexibility index (Phi) is 7.48. The summed E-state index contributed by atoms with van der Waals surface area (Å²) in [4.78, 5) is 14.8. The van der Waals surface area contributed by atoms with Crippen LogP contribution in [0.3, 0.4) is 0 Å². The predicted molar refractivity (Wildman–Crippen MR) is 82.1 cm³/mol. The van der Waals surface area contributed by atoms with Crippen molar-refractivity contribution in [2.75, 3.05) is 13.1 Å². The lowest BCUT2D eigenvalue weighted by Gasteiger charge is -2.32. The van der Waals surface area contributed by atoms with Gasteiger partial charge in [-0.05, 0) is 37.5 Å². The maximum atomic E-state index is 12.7. The smallest absolute Gasteiger partial charge is 0.225 e. The molecule has 1 fully saturated rings. The molecule has 0 spiro atoms. The third kappa shape index (κ3) is 5.97. The van der Waals surface area contributed by atoms with Crippen molar-refractivity contribution in [2.45, 2.75) is 72.6 Å². The maximum Gasteiger partial charge on any atom is 0.225 e. The van der Waals surface area contributed by atoms with E-state index < -0.39 is 0 Å². The lowest BCUT2D eigenvalue weighted by molar-refractivity contribution is -0.137. The number of carbonyl (C=O) groups is 1. The molecule has 0 aromatic carbocycles. The van der Waals surface area contributed by atoms with Gasteiger partial charge in [0.2, 0.25) is 5.91 Å². The molecule has 0 aliphatic heterocycles. The van der Waals surface area contributed by atoms with Crippen LogP contribution in [0.2, 0.25) is 0 Å². The first kappa shape index (κ1) is 16.5. The number of amides is 1. The minimum atomic E-state index is 0.313. The summed E-state index contributed by atoms with van der Waals surface area (Å²) in [6.07, 6.45) is 8.24. The van der Waals surface area contributed by atoms with Crippen molar-refractivity contribution in [1.82, 2.24) is 4.90 Å². The fourth-order valence-electron chi connectivity index (χ4n) is 3.01. The van der Waals surface area contributed by atoms with Crippen molar-refractivity contribution in [1.29, 1.82) is 0 Å². The Morgan fingerprint density at radius 1 is 1.26 bits per heavy atom. The fraction of sp³-hybridized carbons (Fsp3) is 0.941. The number of nitrogens with zero attached hydrogens (tertiary/aromatic N) is 1. The van der Waals surface area contributed by atoms with Crippen molar-refractivity contribution in [3.8, 4) is 0 Å². The van der Waals surface area contributed by atoms with Crippen molar-refractivity contribution >= 4 is 5.91 Å². The summed E-state index contributed by atoms with van der Waals surface area (Å²) in [5, 5.41) is 0.